The smallest absolute Gasteiger partial charge is 0.409 e. The summed E-state index contributed by atoms with van der Waals surface area (Å²) in [7, 11) is 0. The lowest BCUT2D eigenvalue weighted by Gasteiger charge is -2.25. The summed E-state index contributed by atoms with van der Waals surface area (Å²) < 4.78 is 5.22. The number of phenolic OH excluding ortho intramolecular Hbond substituents is 1. The molecule has 0 bridgehead atoms. The number of nitrogens with zero attached hydrogens (tertiary/aromatic N) is 1. The van der Waals surface area contributed by atoms with Crippen LogP contribution in [0, 0.1) is 0 Å². The number of likely N-dealkylation sites (tertiary alicyclic amines) is 1. The van der Waals surface area contributed by atoms with Crippen molar-refractivity contribution in [1.82, 2.24) is 10.2 Å². The van der Waals surface area contributed by atoms with E-state index in [0.717, 1.165) is 31.5 Å². The molecular formula is C15H22N2O3. The van der Waals surface area contributed by atoms with E-state index >= 15 is 0 Å². The van der Waals surface area contributed by atoms with E-state index in [1.807, 2.05) is 12.1 Å². The van der Waals surface area contributed by atoms with E-state index in [2.05, 4.69) is 5.32 Å². The van der Waals surface area contributed by atoms with Crippen molar-refractivity contribution in [3.63, 3.8) is 0 Å². The van der Waals surface area contributed by atoms with Gasteiger partial charge in [0.25, 0.3) is 0 Å². The highest BCUT2D eigenvalue weighted by atomic mass is 16.6. The van der Waals surface area contributed by atoms with E-state index in [4.69, 9.17) is 4.74 Å². The summed E-state index contributed by atoms with van der Waals surface area (Å²) in [6, 6.07) is 7.10. The molecule has 5 heteroatoms. The molecule has 1 amide bonds. The average molecular weight is 278 g/mol. The van der Waals surface area contributed by atoms with Crippen molar-refractivity contribution in [2.45, 2.75) is 25.8 Å². The van der Waals surface area contributed by atoms with Crippen molar-refractivity contribution in [3.05, 3.63) is 29.8 Å². The van der Waals surface area contributed by atoms with Gasteiger partial charge in [-0.3, -0.25) is 0 Å². The van der Waals surface area contributed by atoms with Gasteiger partial charge in [-0.2, -0.15) is 0 Å². The van der Waals surface area contributed by atoms with Crippen LogP contribution in [0.2, 0.25) is 0 Å². The number of piperidine rings is 1. The zero-order chi connectivity index (χ0) is 14.2. The number of nitrogens with one attached hydrogen (secondary N) is 1. The molecule has 110 valence electrons. The number of aromatic hydroxyl groups is 1. The third-order valence-corrected chi connectivity index (χ3v) is 3.36. The highest BCUT2D eigenvalue weighted by Crippen LogP contribution is 2.11. The van der Waals surface area contributed by atoms with Gasteiger partial charge in [-0.25, -0.2) is 4.79 Å². The van der Waals surface area contributed by atoms with Gasteiger partial charge in [0.15, 0.2) is 0 Å². The Morgan fingerprint density at radius 2 is 2.10 bits per heavy atom. The first-order valence-electron chi connectivity index (χ1n) is 7.16. The molecule has 1 heterocycles. The Labute approximate surface area is 119 Å². The zero-order valence-electron chi connectivity index (χ0n) is 11.7. The molecule has 2 rings (SSSR count). The average Bonchev–Trinajstić information content (AvgIpc) is 2.48. The molecule has 1 aliphatic heterocycles. The Morgan fingerprint density at radius 1 is 1.30 bits per heavy atom. The summed E-state index contributed by atoms with van der Waals surface area (Å²) in [5, 5.41) is 12.5. The Balaban J connectivity index is 1.58. The summed E-state index contributed by atoms with van der Waals surface area (Å²) in [4.78, 5) is 13.5. The van der Waals surface area contributed by atoms with Crippen molar-refractivity contribution in [2.24, 2.45) is 0 Å². The minimum atomic E-state index is -0.205. The lowest BCUT2D eigenvalue weighted by Crippen LogP contribution is -2.37. The molecule has 0 spiro atoms. The molecule has 1 aromatic rings. The van der Waals surface area contributed by atoms with Crippen LogP contribution in [0.3, 0.4) is 0 Å². The predicted molar refractivity (Wildman–Crippen MR) is 76.6 cm³/mol. The fourth-order valence-electron chi connectivity index (χ4n) is 2.28. The van der Waals surface area contributed by atoms with Crippen LogP contribution in [0.4, 0.5) is 4.79 Å². The van der Waals surface area contributed by atoms with E-state index in [1.165, 1.54) is 6.42 Å². The van der Waals surface area contributed by atoms with Gasteiger partial charge in [0.2, 0.25) is 0 Å². The molecule has 20 heavy (non-hydrogen) atoms. The molecule has 1 saturated heterocycles. The van der Waals surface area contributed by atoms with Gasteiger partial charge in [0, 0.05) is 26.2 Å². The molecule has 1 fully saturated rings. The quantitative estimate of drug-likeness (QED) is 0.810. The molecule has 1 aliphatic rings. The Kier molecular flexibility index (Phi) is 5.68. The van der Waals surface area contributed by atoms with Gasteiger partial charge in [-0.05, 0) is 37.0 Å². The first kappa shape index (κ1) is 14.7. The van der Waals surface area contributed by atoms with Gasteiger partial charge >= 0.3 is 6.09 Å². The number of ether oxygens (including phenoxy) is 1. The summed E-state index contributed by atoms with van der Waals surface area (Å²) in [5.74, 6) is 0.265. The number of phenols is 1. The third-order valence-electron chi connectivity index (χ3n) is 3.36. The lowest BCUT2D eigenvalue weighted by molar-refractivity contribution is 0.0958. The van der Waals surface area contributed by atoms with Crippen molar-refractivity contribution in [2.75, 3.05) is 26.2 Å². The Bertz CT molecular complexity index is 431. The summed E-state index contributed by atoms with van der Waals surface area (Å²) in [6.45, 7) is 3.25. The van der Waals surface area contributed by atoms with Gasteiger partial charge in [0.1, 0.15) is 12.4 Å². The Morgan fingerprint density at radius 3 is 2.85 bits per heavy atom. The largest absolute Gasteiger partial charge is 0.508 e. The van der Waals surface area contributed by atoms with E-state index in [-0.39, 0.29) is 11.8 Å². The molecule has 0 atom stereocenters. The van der Waals surface area contributed by atoms with Crippen LogP contribution in [0.1, 0.15) is 24.8 Å². The topological polar surface area (TPSA) is 61.8 Å². The summed E-state index contributed by atoms with van der Waals surface area (Å²) in [6.07, 6.45) is 3.15. The third kappa shape index (κ3) is 4.74. The number of hydrogen-bond donors (Lipinski definition) is 2. The Hall–Kier alpha value is -1.75. The first-order valence-corrected chi connectivity index (χ1v) is 7.16. The molecule has 1 aromatic carbocycles. The molecule has 0 radical (unpaired) electrons. The van der Waals surface area contributed by atoms with Crippen LogP contribution >= 0.6 is 0 Å². The predicted octanol–water partition coefficient (Wildman–Crippen LogP) is 2.10. The van der Waals surface area contributed by atoms with Crippen molar-refractivity contribution < 1.29 is 14.6 Å². The van der Waals surface area contributed by atoms with Crippen LogP contribution < -0.4 is 5.32 Å². The van der Waals surface area contributed by atoms with E-state index in [1.54, 1.807) is 17.0 Å². The number of benzene rings is 1. The summed E-state index contributed by atoms with van der Waals surface area (Å²) >= 11 is 0. The maximum Gasteiger partial charge on any atom is 0.409 e. The molecule has 0 aromatic heterocycles. The minimum absolute atomic E-state index is 0.205. The minimum Gasteiger partial charge on any atom is -0.508 e. The van der Waals surface area contributed by atoms with E-state index in [9.17, 15) is 9.90 Å². The van der Waals surface area contributed by atoms with Crippen LogP contribution in [-0.4, -0.2) is 42.3 Å². The first-order chi connectivity index (χ1) is 9.75. The SMILES string of the molecule is O=C(OCCNCc1cccc(O)c1)N1CCCCC1. The molecule has 0 unspecified atom stereocenters. The number of carbonyl (C=O) groups is 1. The monoisotopic (exact) mass is 278 g/mol. The van der Waals surface area contributed by atoms with Crippen molar-refractivity contribution in [1.29, 1.82) is 0 Å². The lowest BCUT2D eigenvalue weighted by atomic mass is 10.1. The second-order valence-corrected chi connectivity index (χ2v) is 5.01. The fraction of sp³-hybridized carbons (Fsp3) is 0.533. The number of carbonyl (C=O) groups excluding carboxylic acids is 1. The molecular weight excluding hydrogens is 256 g/mol. The van der Waals surface area contributed by atoms with Crippen LogP contribution in [0.15, 0.2) is 24.3 Å². The van der Waals surface area contributed by atoms with Gasteiger partial charge in [-0.1, -0.05) is 12.1 Å². The molecule has 5 nitrogen and oxygen atoms in total. The number of hydrogen-bond acceptors (Lipinski definition) is 4. The normalized spacial score (nSPS) is 15.1. The maximum absolute atomic E-state index is 11.7. The standard InChI is InChI=1S/C15H22N2O3/c18-14-6-4-5-13(11-14)12-16-7-10-20-15(19)17-8-2-1-3-9-17/h4-6,11,16,18H,1-3,7-10,12H2. The van der Waals surface area contributed by atoms with E-state index < -0.39 is 0 Å². The highest BCUT2D eigenvalue weighted by Gasteiger charge is 2.16. The van der Waals surface area contributed by atoms with Gasteiger partial charge in [-0.15, -0.1) is 0 Å². The second-order valence-electron chi connectivity index (χ2n) is 5.01. The van der Waals surface area contributed by atoms with Crippen LogP contribution in [0.25, 0.3) is 0 Å². The van der Waals surface area contributed by atoms with Crippen LogP contribution in [-0.2, 0) is 11.3 Å². The maximum atomic E-state index is 11.7. The molecule has 0 aliphatic carbocycles. The van der Waals surface area contributed by atoms with Crippen molar-refractivity contribution >= 4 is 6.09 Å². The number of rotatable bonds is 5. The highest BCUT2D eigenvalue weighted by molar-refractivity contribution is 5.67. The molecule has 0 saturated carbocycles. The van der Waals surface area contributed by atoms with Gasteiger partial charge < -0.3 is 20.1 Å². The zero-order valence-corrected chi connectivity index (χ0v) is 11.7. The fourth-order valence-corrected chi connectivity index (χ4v) is 2.28. The number of amides is 1. The molecule has 2 N–H and O–H groups in total. The second kappa shape index (κ2) is 7.75. The van der Waals surface area contributed by atoms with Crippen molar-refractivity contribution in [3.8, 4) is 5.75 Å². The van der Waals surface area contributed by atoms with Crippen LogP contribution in [0.5, 0.6) is 5.75 Å². The summed E-state index contributed by atoms with van der Waals surface area (Å²) in [5.41, 5.74) is 1.01. The van der Waals surface area contributed by atoms with Gasteiger partial charge in [0.05, 0.1) is 0 Å². The van der Waals surface area contributed by atoms with E-state index in [0.29, 0.717) is 19.7 Å².